The summed E-state index contributed by atoms with van der Waals surface area (Å²) in [5.41, 5.74) is 2.28. The van der Waals surface area contributed by atoms with E-state index in [-0.39, 0.29) is 0 Å². The second-order valence-corrected chi connectivity index (χ2v) is 6.40. The lowest BCUT2D eigenvalue weighted by Gasteiger charge is -2.33. The predicted octanol–water partition coefficient (Wildman–Crippen LogP) is 1.31. The molecule has 0 spiro atoms. The summed E-state index contributed by atoms with van der Waals surface area (Å²) >= 11 is 0. The van der Waals surface area contributed by atoms with Crippen LogP contribution in [0.1, 0.15) is 11.1 Å². The number of piperazine rings is 1. The molecule has 1 fully saturated rings. The molecule has 5 nitrogen and oxygen atoms in total. The summed E-state index contributed by atoms with van der Waals surface area (Å²) in [5.74, 6) is 0.939. The van der Waals surface area contributed by atoms with Gasteiger partial charge in [0.1, 0.15) is 12.4 Å². The van der Waals surface area contributed by atoms with Gasteiger partial charge in [0, 0.05) is 32.7 Å². The Morgan fingerprint density at radius 3 is 2.39 bits per heavy atom. The van der Waals surface area contributed by atoms with Gasteiger partial charge in [-0.25, -0.2) is 0 Å². The number of rotatable bonds is 8. The zero-order valence-electron chi connectivity index (χ0n) is 14.6. The Morgan fingerprint density at radius 2 is 1.74 bits per heavy atom. The normalized spacial score (nSPS) is 18.1. The highest BCUT2D eigenvalue weighted by molar-refractivity contribution is 5.39. The number of hydrogen-bond acceptors (Lipinski definition) is 5. The van der Waals surface area contributed by atoms with Crippen molar-refractivity contribution in [1.29, 1.82) is 0 Å². The Kier molecular flexibility index (Phi) is 7.30. The molecular formula is C18H30N2O3. The van der Waals surface area contributed by atoms with E-state index in [9.17, 15) is 5.11 Å². The van der Waals surface area contributed by atoms with Gasteiger partial charge < -0.3 is 19.5 Å². The van der Waals surface area contributed by atoms with Crippen molar-refractivity contribution in [3.05, 3.63) is 29.3 Å². The molecule has 2 rings (SSSR count). The van der Waals surface area contributed by atoms with Crippen LogP contribution in [0, 0.1) is 13.8 Å². The maximum atomic E-state index is 10.1. The molecule has 1 N–H and O–H groups in total. The van der Waals surface area contributed by atoms with Gasteiger partial charge in [-0.05, 0) is 32.0 Å². The first-order valence-electron chi connectivity index (χ1n) is 8.42. The number of β-amino-alcohol motifs (C(OH)–C–C–N with tert-alkyl or cyclic N) is 1. The average molecular weight is 322 g/mol. The number of aryl methyl sites for hydroxylation is 2. The number of ether oxygens (including phenoxy) is 2. The lowest BCUT2D eigenvalue weighted by Crippen LogP contribution is -2.47. The van der Waals surface area contributed by atoms with E-state index in [4.69, 9.17) is 9.47 Å². The van der Waals surface area contributed by atoms with Crippen LogP contribution in [-0.2, 0) is 4.74 Å². The van der Waals surface area contributed by atoms with Gasteiger partial charge in [-0.3, -0.25) is 4.90 Å². The molecule has 0 radical (unpaired) electrons. The Hall–Kier alpha value is -1.14. The van der Waals surface area contributed by atoms with E-state index in [0.29, 0.717) is 26.4 Å². The molecule has 1 aromatic rings. The highest BCUT2D eigenvalue weighted by atomic mass is 16.5. The molecule has 1 aliphatic heterocycles. The average Bonchev–Trinajstić information content (AvgIpc) is 2.52. The quantitative estimate of drug-likeness (QED) is 0.731. The van der Waals surface area contributed by atoms with Crippen LogP contribution < -0.4 is 4.74 Å². The summed E-state index contributed by atoms with van der Waals surface area (Å²) in [4.78, 5) is 4.60. The van der Waals surface area contributed by atoms with Crippen LogP contribution in [0.3, 0.4) is 0 Å². The van der Waals surface area contributed by atoms with Gasteiger partial charge in [0.05, 0.1) is 19.3 Å². The Balaban J connectivity index is 1.58. The van der Waals surface area contributed by atoms with Gasteiger partial charge in [-0.1, -0.05) is 18.2 Å². The zero-order valence-corrected chi connectivity index (χ0v) is 14.6. The molecule has 0 unspecified atom stereocenters. The first kappa shape index (κ1) is 18.2. The lowest BCUT2D eigenvalue weighted by atomic mass is 10.1. The fourth-order valence-electron chi connectivity index (χ4n) is 2.83. The number of nitrogens with zero attached hydrogens (tertiary/aromatic N) is 2. The van der Waals surface area contributed by atoms with E-state index in [0.717, 1.165) is 43.1 Å². The molecule has 0 saturated carbocycles. The summed E-state index contributed by atoms with van der Waals surface area (Å²) in [6.07, 6.45) is -0.432. The summed E-state index contributed by atoms with van der Waals surface area (Å²) in [7, 11) is 2.13. The molecule has 1 saturated heterocycles. The maximum absolute atomic E-state index is 10.1. The van der Waals surface area contributed by atoms with Crippen LogP contribution in [-0.4, -0.2) is 80.6 Å². The van der Waals surface area contributed by atoms with E-state index in [1.807, 2.05) is 32.0 Å². The Bertz CT molecular complexity index is 453. The minimum atomic E-state index is -0.432. The van der Waals surface area contributed by atoms with Crippen LogP contribution in [0.2, 0.25) is 0 Å². The van der Waals surface area contributed by atoms with E-state index < -0.39 is 6.10 Å². The monoisotopic (exact) mass is 322 g/mol. The fourth-order valence-corrected chi connectivity index (χ4v) is 2.83. The topological polar surface area (TPSA) is 45.2 Å². The predicted molar refractivity (Wildman–Crippen MR) is 92.2 cm³/mol. The van der Waals surface area contributed by atoms with Crippen LogP contribution in [0.5, 0.6) is 5.75 Å². The summed E-state index contributed by atoms with van der Waals surface area (Å²) in [6.45, 7) is 10.3. The molecule has 0 amide bonds. The highest BCUT2D eigenvalue weighted by Gasteiger charge is 2.16. The van der Waals surface area contributed by atoms with Crippen LogP contribution in [0.15, 0.2) is 18.2 Å². The minimum absolute atomic E-state index is 0.364. The number of aliphatic hydroxyl groups is 1. The molecule has 130 valence electrons. The van der Waals surface area contributed by atoms with Crippen molar-refractivity contribution in [2.24, 2.45) is 0 Å². The van der Waals surface area contributed by atoms with Crippen molar-refractivity contribution < 1.29 is 14.6 Å². The van der Waals surface area contributed by atoms with Crippen LogP contribution >= 0.6 is 0 Å². The van der Waals surface area contributed by atoms with Gasteiger partial charge in [0.15, 0.2) is 0 Å². The summed E-state index contributed by atoms with van der Waals surface area (Å²) in [5, 5.41) is 10.1. The van der Waals surface area contributed by atoms with Crippen molar-refractivity contribution in [2.45, 2.75) is 20.0 Å². The van der Waals surface area contributed by atoms with Crippen molar-refractivity contribution in [3.8, 4) is 5.75 Å². The largest absolute Gasteiger partial charge is 0.491 e. The van der Waals surface area contributed by atoms with Crippen molar-refractivity contribution >= 4 is 0 Å². The number of likely N-dealkylation sites (N-methyl/N-ethyl adjacent to an activating group) is 1. The third-order valence-corrected chi connectivity index (χ3v) is 4.26. The van der Waals surface area contributed by atoms with Gasteiger partial charge >= 0.3 is 0 Å². The smallest absolute Gasteiger partial charge is 0.125 e. The molecule has 0 aromatic heterocycles. The summed E-state index contributed by atoms with van der Waals surface area (Å²) < 4.78 is 11.3. The van der Waals surface area contributed by atoms with Gasteiger partial charge in [-0.2, -0.15) is 0 Å². The van der Waals surface area contributed by atoms with E-state index in [1.54, 1.807) is 0 Å². The maximum Gasteiger partial charge on any atom is 0.125 e. The standard InChI is InChI=1S/C18H30N2O3/c1-15-5-4-6-16(2)18(15)23-12-11-22-14-17(21)13-20-9-7-19(3)8-10-20/h4-6,17,21H,7-14H2,1-3H3/t17-/m0/s1. The molecule has 23 heavy (non-hydrogen) atoms. The second-order valence-electron chi connectivity index (χ2n) is 6.40. The molecule has 1 aliphatic rings. The second kappa shape index (κ2) is 9.23. The lowest BCUT2D eigenvalue weighted by molar-refractivity contribution is 0.00140. The molecule has 1 heterocycles. The number of benzene rings is 1. The number of hydrogen-bond donors (Lipinski definition) is 1. The van der Waals surface area contributed by atoms with Gasteiger partial charge in [-0.15, -0.1) is 0 Å². The Morgan fingerprint density at radius 1 is 1.09 bits per heavy atom. The van der Waals surface area contributed by atoms with Crippen LogP contribution in [0.25, 0.3) is 0 Å². The first-order chi connectivity index (χ1) is 11.1. The van der Waals surface area contributed by atoms with E-state index in [2.05, 4.69) is 16.8 Å². The van der Waals surface area contributed by atoms with E-state index in [1.165, 1.54) is 0 Å². The van der Waals surface area contributed by atoms with Crippen molar-refractivity contribution in [1.82, 2.24) is 9.80 Å². The fraction of sp³-hybridized carbons (Fsp3) is 0.667. The molecule has 1 aromatic carbocycles. The molecule has 0 aliphatic carbocycles. The Labute approximate surface area is 139 Å². The SMILES string of the molecule is Cc1cccc(C)c1OCCOC[C@@H](O)CN1CCN(C)CC1. The highest BCUT2D eigenvalue weighted by Crippen LogP contribution is 2.21. The van der Waals surface area contributed by atoms with Crippen molar-refractivity contribution in [3.63, 3.8) is 0 Å². The number of aliphatic hydroxyl groups excluding tert-OH is 1. The third-order valence-electron chi connectivity index (χ3n) is 4.26. The van der Waals surface area contributed by atoms with Gasteiger partial charge in [0.2, 0.25) is 0 Å². The van der Waals surface area contributed by atoms with Gasteiger partial charge in [0.25, 0.3) is 0 Å². The third kappa shape index (κ3) is 6.11. The molecule has 5 heteroatoms. The first-order valence-corrected chi connectivity index (χ1v) is 8.42. The molecule has 0 bridgehead atoms. The summed E-state index contributed by atoms with van der Waals surface area (Å²) in [6, 6.07) is 6.12. The van der Waals surface area contributed by atoms with Crippen LogP contribution in [0.4, 0.5) is 0 Å². The molecule has 1 atom stereocenters. The van der Waals surface area contributed by atoms with Crippen molar-refractivity contribution in [2.75, 3.05) is 59.6 Å². The minimum Gasteiger partial charge on any atom is -0.491 e. The van der Waals surface area contributed by atoms with E-state index >= 15 is 0 Å². The zero-order chi connectivity index (χ0) is 16.7. The number of para-hydroxylation sites is 1. The molecular weight excluding hydrogens is 292 g/mol.